The zero-order valence-corrected chi connectivity index (χ0v) is 29.8. The number of anilines is 3. The van der Waals surface area contributed by atoms with Gasteiger partial charge < -0.3 is 45.1 Å². The standard InChI is InChI=1S/C38H45N5O9/c1-23(41-35(45)20-40-34(44)11-7-8-12-36(46)51-4)37(47)42-27-14-24(21-49-2)13-25(15-27)22-52-33-18-30-29(17-32(33)50-3)38(48)43-28(19-39-30)16-26-9-5-6-10-31(26)43/h5-6,9-10,13-15,17-18,23,28,39H,7-8,11-12,16,19-22H2,1-4H3,(H,40,44)(H,41,45)(H,42,47). The van der Waals surface area contributed by atoms with Crippen LogP contribution >= 0.6 is 0 Å². The lowest BCUT2D eigenvalue weighted by Gasteiger charge is -2.22. The van der Waals surface area contributed by atoms with Gasteiger partial charge in [0.15, 0.2) is 11.5 Å². The number of para-hydroxylation sites is 1. The van der Waals surface area contributed by atoms with Crippen LogP contribution in [0.4, 0.5) is 17.1 Å². The second-order valence-electron chi connectivity index (χ2n) is 12.7. The number of rotatable bonds is 16. The third-order valence-corrected chi connectivity index (χ3v) is 8.86. The molecule has 4 amide bonds. The molecule has 0 radical (unpaired) electrons. The Morgan fingerprint density at radius 2 is 1.67 bits per heavy atom. The molecule has 3 aromatic carbocycles. The van der Waals surface area contributed by atoms with Crippen molar-refractivity contribution in [3.05, 3.63) is 76.9 Å². The molecule has 0 spiro atoms. The van der Waals surface area contributed by atoms with Crippen LogP contribution in [0.1, 0.15) is 59.7 Å². The summed E-state index contributed by atoms with van der Waals surface area (Å²) in [4.78, 5) is 64.4. The highest BCUT2D eigenvalue weighted by molar-refractivity contribution is 6.12. The van der Waals surface area contributed by atoms with Gasteiger partial charge in [-0.3, -0.25) is 24.0 Å². The van der Waals surface area contributed by atoms with Crippen molar-refractivity contribution in [1.82, 2.24) is 10.6 Å². The van der Waals surface area contributed by atoms with Crippen molar-refractivity contribution in [3.8, 4) is 11.5 Å². The van der Waals surface area contributed by atoms with Crippen LogP contribution in [0.2, 0.25) is 0 Å². The highest BCUT2D eigenvalue weighted by atomic mass is 16.5. The first kappa shape index (κ1) is 37.6. The molecule has 0 aromatic heterocycles. The van der Waals surface area contributed by atoms with Gasteiger partial charge in [0.05, 0.1) is 44.7 Å². The van der Waals surface area contributed by atoms with E-state index in [1.54, 1.807) is 31.4 Å². The lowest BCUT2D eigenvalue weighted by atomic mass is 10.1. The summed E-state index contributed by atoms with van der Waals surface area (Å²) in [5.74, 6) is -0.919. The fourth-order valence-electron chi connectivity index (χ4n) is 6.27. The third kappa shape index (κ3) is 9.37. The number of ether oxygens (including phenoxy) is 4. The molecule has 2 atom stereocenters. The predicted octanol–water partition coefficient (Wildman–Crippen LogP) is 3.71. The third-order valence-electron chi connectivity index (χ3n) is 8.86. The lowest BCUT2D eigenvalue weighted by Crippen LogP contribution is -2.45. The number of hydrogen-bond acceptors (Lipinski definition) is 10. The van der Waals surface area contributed by atoms with E-state index in [2.05, 4.69) is 32.1 Å². The van der Waals surface area contributed by atoms with Crippen LogP contribution < -0.4 is 35.6 Å². The molecule has 4 N–H and O–H groups in total. The summed E-state index contributed by atoms with van der Waals surface area (Å²) < 4.78 is 21.8. The van der Waals surface area contributed by atoms with Gasteiger partial charge in [-0.25, -0.2) is 0 Å². The zero-order valence-electron chi connectivity index (χ0n) is 29.8. The van der Waals surface area contributed by atoms with E-state index < -0.39 is 17.9 Å². The van der Waals surface area contributed by atoms with E-state index in [-0.39, 0.29) is 56.4 Å². The topological polar surface area (TPSA) is 174 Å². The summed E-state index contributed by atoms with van der Waals surface area (Å²) in [6.07, 6.45) is 2.13. The molecule has 0 bridgehead atoms. The highest BCUT2D eigenvalue weighted by Gasteiger charge is 2.37. The van der Waals surface area contributed by atoms with E-state index in [1.807, 2.05) is 29.2 Å². The van der Waals surface area contributed by atoms with Gasteiger partial charge in [-0.1, -0.05) is 18.2 Å². The Morgan fingerprint density at radius 3 is 2.42 bits per heavy atom. The average Bonchev–Trinajstić information content (AvgIpc) is 3.45. The minimum absolute atomic E-state index is 0.0110. The first-order valence-electron chi connectivity index (χ1n) is 17.2. The molecule has 52 heavy (non-hydrogen) atoms. The van der Waals surface area contributed by atoms with Crippen LogP contribution in [-0.2, 0) is 48.3 Å². The minimum atomic E-state index is -0.904. The van der Waals surface area contributed by atoms with Crippen molar-refractivity contribution in [1.29, 1.82) is 0 Å². The van der Waals surface area contributed by atoms with Crippen molar-refractivity contribution in [2.75, 3.05) is 50.0 Å². The number of methoxy groups -OCH3 is 3. The summed E-state index contributed by atoms with van der Waals surface area (Å²) in [6, 6.07) is 15.9. The van der Waals surface area contributed by atoms with E-state index in [1.165, 1.54) is 21.1 Å². The van der Waals surface area contributed by atoms with Crippen molar-refractivity contribution in [3.63, 3.8) is 0 Å². The highest BCUT2D eigenvalue weighted by Crippen LogP contribution is 2.40. The number of benzene rings is 3. The molecular formula is C38H45N5O9. The van der Waals surface area contributed by atoms with E-state index in [4.69, 9.17) is 14.2 Å². The number of carbonyl (C=O) groups excluding carboxylic acids is 5. The summed E-state index contributed by atoms with van der Waals surface area (Å²) in [6.45, 7) is 2.22. The summed E-state index contributed by atoms with van der Waals surface area (Å²) >= 11 is 0. The van der Waals surface area contributed by atoms with Gasteiger partial charge in [0.1, 0.15) is 12.6 Å². The first-order valence-corrected chi connectivity index (χ1v) is 17.2. The molecule has 2 heterocycles. The van der Waals surface area contributed by atoms with Crippen LogP contribution in [0.5, 0.6) is 11.5 Å². The molecule has 2 aliphatic rings. The molecule has 14 nitrogen and oxygen atoms in total. The lowest BCUT2D eigenvalue weighted by molar-refractivity contribution is -0.140. The SMILES string of the molecule is COCc1cc(COc2cc3c(cc2OC)C(=O)N2c4ccccc4CC2CN3)cc(NC(=O)C(C)NC(=O)CNC(=O)CCCCC(=O)OC)c1. The van der Waals surface area contributed by atoms with E-state index in [0.717, 1.165) is 28.8 Å². The number of carbonyl (C=O) groups is 5. The summed E-state index contributed by atoms with van der Waals surface area (Å²) in [7, 11) is 4.40. The Bertz CT molecular complexity index is 1810. The number of fused-ring (bicyclic) bond motifs is 4. The van der Waals surface area contributed by atoms with Crippen molar-refractivity contribution >= 4 is 46.7 Å². The Morgan fingerprint density at radius 1 is 0.923 bits per heavy atom. The number of nitrogens with one attached hydrogen (secondary N) is 4. The largest absolute Gasteiger partial charge is 0.493 e. The van der Waals surface area contributed by atoms with Crippen LogP contribution in [0.25, 0.3) is 0 Å². The molecule has 3 aromatic rings. The molecule has 0 saturated carbocycles. The van der Waals surface area contributed by atoms with Gasteiger partial charge in [0.2, 0.25) is 17.7 Å². The zero-order chi connectivity index (χ0) is 37.2. The Labute approximate surface area is 302 Å². The molecule has 14 heteroatoms. The summed E-state index contributed by atoms with van der Waals surface area (Å²) in [5.41, 5.74) is 5.20. The van der Waals surface area contributed by atoms with Crippen molar-refractivity contribution < 1.29 is 42.9 Å². The second kappa shape index (κ2) is 17.5. The number of esters is 1. The fourth-order valence-corrected chi connectivity index (χ4v) is 6.27. The van der Waals surface area contributed by atoms with Crippen LogP contribution in [0.3, 0.4) is 0 Å². The number of unbranched alkanes of at least 4 members (excludes halogenated alkanes) is 1. The smallest absolute Gasteiger partial charge is 0.305 e. The van der Waals surface area contributed by atoms with E-state index >= 15 is 0 Å². The maximum absolute atomic E-state index is 13.8. The second-order valence-corrected chi connectivity index (χ2v) is 12.7. The maximum Gasteiger partial charge on any atom is 0.305 e. The Kier molecular flexibility index (Phi) is 12.7. The van der Waals surface area contributed by atoms with E-state index in [9.17, 15) is 24.0 Å². The maximum atomic E-state index is 13.8. The van der Waals surface area contributed by atoms with Crippen LogP contribution in [0.15, 0.2) is 54.6 Å². The molecular weight excluding hydrogens is 670 g/mol. The molecule has 2 aliphatic heterocycles. The molecule has 0 aliphatic carbocycles. The molecule has 276 valence electrons. The quantitative estimate of drug-likeness (QED) is 0.127. The van der Waals surface area contributed by atoms with Gasteiger partial charge in [-0.2, -0.15) is 0 Å². The van der Waals surface area contributed by atoms with Crippen molar-refractivity contribution in [2.24, 2.45) is 0 Å². The van der Waals surface area contributed by atoms with Gasteiger partial charge in [-0.15, -0.1) is 0 Å². The Balaban J connectivity index is 1.19. The van der Waals surface area contributed by atoms with Gasteiger partial charge in [-0.05, 0) is 73.2 Å². The normalized spacial score (nSPS) is 14.8. The average molecular weight is 716 g/mol. The number of nitrogens with zero attached hydrogens (tertiary/aromatic N) is 1. The van der Waals surface area contributed by atoms with Crippen molar-refractivity contribution in [2.45, 2.75) is 64.3 Å². The molecule has 0 fully saturated rings. The van der Waals surface area contributed by atoms with Gasteiger partial charge >= 0.3 is 5.97 Å². The molecule has 2 unspecified atom stereocenters. The monoisotopic (exact) mass is 715 g/mol. The number of hydrogen-bond donors (Lipinski definition) is 4. The van der Waals surface area contributed by atoms with Crippen LogP contribution in [-0.4, -0.2) is 76.1 Å². The summed E-state index contributed by atoms with van der Waals surface area (Å²) in [5, 5.41) is 11.4. The first-order chi connectivity index (χ1) is 25.1. The minimum Gasteiger partial charge on any atom is -0.493 e. The number of amides is 4. The van der Waals surface area contributed by atoms with Crippen LogP contribution in [0, 0.1) is 0 Å². The fraction of sp³-hybridized carbons (Fsp3) is 0.395. The van der Waals surface area contributed by atoms with Gasteiger partial charge in [0, 0.05) is 43.9 Å². The van der Waals surface area contributed by atoms with Gasteiger partial charge in [0.25, 0.3) is 5.91 Å². The molecule has 5 rings (SSSR count). The predicted molar refractivity (Wildman–Crippen MR) is 193 cm³/mol. The van der Waals surface area contributed by atoms with E-state index in [0.29, 0.717) is 47.8 Å². The molecule has 0 saturated heterocycles. The Hall–Kier alpha value is -5.63.